The summed E-state index contributed by atoms with van der Waals surface area (Å²) >= 11 is 0. The van der Waals surface area contributed by atoms with Crippen LogP contribution in [0.3, 0.4) is 0 Å². The number of hydrogen-bond acceptors (Lipinski definition) is 3. The van der Waals surface area contributed by atoms with E-state index in [1.54, 1.807) is 18.2 Å². The molecule has 1 unspecified atom stereocenters. The molecule has 2 rings (SSSR count). The van der Waals surface area contributed by atoms with Gasteiger partial charge in [-0.1, -0.05) is 6.07 Å². The summed E-state index contributed by atoms with van der Waals surface area (Å²) in [7, 11) is 0. The van der Waals surface area contributed by atoms with Crippen LogP contribution < -0.4 is 0 Å². The molecule has 0 spiro atoms. The van der Waals surface area contributed by atoms with Gasteiger partial charge in [0.05, 0.1) is 5.69 Å². The molecule has 1 aromatic heterocycles. The summed E-state index contributed by atoms with van der Waals surface area (Å²) in [5, 5.41) is 18.9. The molecule has 3 nitrogen and oxygen atoms in total. The van der Waals surface area contributed by atoms with Crippen molar-refractivity contribution in [1.82, 2.24) is 4.98 Å². The SMILES string of the molecule is Oc1ccc(C(O)c2ccccn2)c(F)c1. The average Bonchev–Trinajstić information content (AvgIpc) is 2.29. The first kappa shape index (κ1) is 10.6. The lowest BCUT2D eigenvalue weighted by atomic mass is 10.1. The number of nitrogens with zero attached hydrogens (tertiary/aromatic N) is 1. The van der Waals surface area contributed by atoms with Crippen LogP contribution in [0.2, 0.25) is 0 Å². The van der Waals surface area contributed by atoms with Gasteiger partial charge < -0.3 is 10.2 Å². The van der Waals surface area contributed by atoms with Crippen molar-refractivity contribution in [3.05, 3.63) is 59.7 Å². The van der Waals surface area contributed by atoms with Crippen LogP contribution in [0.1, 0.15) is 17.4 Å². The number of phenolic OH excluding ortho intramolecular Hbond substituents is 1. The minimum Gasteiger partial charge on any atom is -0.508 e. The van der Waals surface area contributed by atoms with Crippen LogP contribution in [0.5, 0.6) is 5.75 Å². The second kappa shape index (κ2) is 4.28. The number of benzene rings is 1. The first-order chi connectivity index (χ1) is 7.68. The van der Waals surface area contributed by atoms with Crippen LogP contribution in [0.25, 0.3) is 0 Å². The number of hydrogen-bond donors (Lipinski definition) is 2. The molecule has 0 saturated carbocycles. The van der Waals surface area contributed by atoms with Gasteiger partial charge in [-0.25, -0.2) is 4.39 Å². The maximum Gasteiger partial charge on any atom is 0.133 e. The molecule has 2 aromatic rings. The summed E-state index contributed by atoms with van der Waals surface area (Å²) in [6.07, 6.45) is 0.401. The fourth-order valence-electron chi connectivity index (χ4n) is 1.43. The number of aliphatic hydroxyl groups is 1. The van der Waals surface area contributed by atoms with Crippen molar-refractivity contribution < 1.29 is 14.6 Å². The third-order valence-corrected chi connectivity index (χ3v) is 2.25. The van der Waals surface area contributed by atoms with Crippen molar-refractivity contribution in [2.45, 2.75) is 6.10 Å². The molecule has 16 heavy (non-hydrogen) atoms. The van der Waals surface area contributed by atoms with E-state index in [0.717, 1.165) is 6.07 Å². The van der Waals surface area contributed by atoms with Gasteiger partial charge in [0.1, 0.15) is 17.7 Å². The van der Waals surface area contributed by atoms with Gasteiger partial charge in [-0.05, 0) is 24.3 Å². The van der Waals surface area contributed by atoms with E-state index in [-0.39, 0.29) is 11.3 Å². The number of aliphatic hydroxyl groups excluding tert-OH is 1. The zero-order valence-electron chi connectivity index (χ0n) is 8.34. The lowest BCUT2D eigenvalue weighted by Gasteiger charge is -2.11. The van der Waals surface area contributed by atoms with Crippen molar-refractivity contribution in [3.8, 4) is 5.75 Å². The maximum absolute atomic E-state index is 13.4. The quantitative estimate of drug-likeness (QED) is 0.812. The highest BCUT2D eigenvalue weighted by Crippen LogP contribution is 2.25. The summed E-state index contributed by atoms with van der Waals surface area (Å²) < 4.78 is 13.4. The first-order valence-electron chi connectivity index (χ1n) is 4.76. The van der Waals surface area contributed by atoms with Crippen LogP contribution >= 0.6 is 0 Å². The highest BCUT2D eigenvalue weighted by atomic mass is 19.1. The lowest BCUT2D eigenvalue weighted by Crippen LogP contribution is -2.04. The fraction of sp³-hybridized carbons (Fsp3) is 0.0833. The molecular weight excluding hydrogens is 209 g/mol. The molecule has 1 atom stereocenters. The van der Waals surface area contributed by atoms with Gasteiger partial charge in [0.25, 0.3) is 0 Å². The molecule has 0 aliphatic rings. The van der Waals surface area contributed by atoms with Gasteiger partial charge >= 0.3 is 0 Å². The topological polar surface area (TPSA) is 53.4 Å². The standard InChI is InChI=1S/C12H10FNO2/c13-10-7-8(15)4-5-9(10)12(16)11-3-1-2-6-14-11/h1-7,12,15-16H. The van der Waals surface area contributed by atoms with Crippen LogP contribution in [0.4, 0.5) is 4.39 Å². The van der Waals surface area contributed by atoms with Crippen molar-refractivity contribution in [1.29, 1.82) is 0 Å². The summed E-state index contributed by atoms with van der Waals surface area (Å²) in [5.41, 5.74) is 0.462. The largest absolute Gasteiger partial charge is 0.508 e. The molecule has 0 radical (unpaired) electrons. The van der Waals surface area contributed by atoms with Gasteiger partial charge in [0, 0.05) is 17.8 Å². The molecule has 1 heterocycles. The van der Waals surface area contributed by atoms with E-state index >= 15 is 0 Å². The van der Waals surface area contributed by atoms with E-state index < -0.39 is 11.9 Å². The number of aromatic nitrogens is 1. The zero-order valence-corrected chi connectivity index (χ0v) is 8.34. The molecule has 0 aliphatic carbocycles. The Kier molecular flexibility index (Phi) is 2.83. The Morgan fingerprint density at radius 2 is 2.00 bits per heavy atom. The Morgan fingerprint density at radius 3 is 2.62 bits per heavy atom. The Morgan fingerprint density at radius 1 is 1.19 bits per heavy atom. The van der Waals surface area contributed by atoms with E-state index in [4.69, 9.17) is 5.11 Å². The number of phenols is 1. The molecule has 2 N–H and O–H groups in total. The summed E-state index contributed by atoms with van der Waals surface area (Å²) in [6.45, 7) is 0. The Labute approximate surface area is 91.8 Å². The van der Waals surface area contributed by atoms with Gasteiger partial charge in [-0.2, -0.15) is 0 Å². The summed E-state index contributed by atoms with van der Waals surface area (Å²) in [6, 6.07) is 8.65. The van der Waals surface area contributed by atoms with Crippen LogP contribution in [0, 0.1) is 5.82 Å². The summed E-state index contributed by atoms with van der Waals surface area (Å²) in [5.74, 6) is -0.826. The second-order valence-electron chi connectivity index (χ2n) is 3.36. The van der Waals surface area contributed by atoms with Crippen LogP contribution in [-0.2, 0) is 0 Å². The normalized spacial score (nSPS) is 12.4. The van der Waals surface area contributed by atoms with Gasteiger partial charge in [-0.3, -0.25) is 4.98 Å². The third-order valence-electron chi connectivity index (χ3n) is 2.25. The molecule has 0 fully saturated rings. The predicted molar refractivity (Wildman–Crippen MR) is 56.4 cm³/mol. The predicted octanol–water partition coefficient (Wildman–Crippen LogP) is 2.01. The average molecular weight is 219 g/mol. The number of rotatable bonds is 2. The van der Waals surface area contributed by atoms with Gasteiger partial charge in [-0.15, -0.1) is 0 Å². The van der Waals surface area contributed by atoms with Crippen molar-refractivity contribution in [2.75, 3.05) is 0 Å². The molecular formula is C12H10FNO2. The van der Waals surface area contributed by atoms with E-state index in [1.807, 2.05) is 0 Å². The van der Waals surface area contributed by atoms with Crippen molar-refractivity contribution >= 4 is 0 Å². The number of aromatic hydroxyl groups is 1. The summed E-state index contributed by atoms with van der Waals surface area (Å²) in [4.78, 5) is 3.94. The van der Waals surface area contributed by atoms with Crippen LogP contribution in [0.15, 0.2) is 42.6 Å². The third kappa shape index (κ3) is 2.01. The monoisotopic (exact) mass is 219 g/mol. The smallest absolute Gasteiger partial charge is 0.133 e. The molecule has 4 heteroatoms. The van der Waals surface area contributed by atoms with E-state index in [1.165, 1.54) is 18.3 Å². The molecule has 0 amide bonds. The minimum absolute atomic E-state index is 0.0940. The molecule has 0 bridgehead atoms. The van der Waals surface area contributed by atoms with E-state index in [0.29, 0.717) is 5.69 Å². The first-order valence-corrected chi connectivity index (χ1v) is 4.76. The lowest BCUT2D eigenvalue weighted by molar-refractivity contribution is 0.210. The zero-order chi connectivity index (χ0) is 11.5. The molecule has 0 saturated heterocycles. The van der Waals surface area contributed by atoms with E-state index in [9.17, 15) is 9.50 Å². The molecule has 82 valence electrons. The Hall–Kier alpha value is -1.94. The number of pyridine rings is 1. The second-order valence-corrected chi connectivity index (χ2v) is 3.36. The maximum atomic E-state index is 13.4. The van der Waals surface area contributed by atoms with E-state index in [2.05, 4.69) is 4.98 Å². The van der Waals surface area contributed by atoms with Crippen molar-refractivity contribution in [3.63, 3.8) is 0 Å². The highest BCUT2D eigenvalue weighted by Gasteiger charge is 2.15. The van der Waals surface area contributed by atoms with Gasteiger partial charge in [0.15, 0.2) is 0 Å². The van der Waals surface area contributed by atoms with Crippen LogP contribution in [-0.4, -0.2) is 15.2 Å². The Bertz CT molecular complexity index is 488. The minimum atomic E-state index is -1.12. The van der Waals surface area contributed by atoms with Crippen molar-refractivity contribution in [2.24, 2.45) is 0 Å². The number of halogens is 1. The highest BCUT2D eigenvalue weighted by molar-refractivity contribution is 5.32. The Balaban J connectivity index is 2.38. The fourth-order valence-corrected chi connectivity index (χ4v) is 1.43. The van der Waals surface area contributed by atoms with Gasteiger partial charge in [0.2, 0.25) is 0 Å². The molecule has 1 aromatic carbocycles. The molecule has 0 aliphatic heterocycles.